The van der Waals surface area contributed by atoms with Gasteiger partial charge < -0.3 is 0 Å². The molecule has 0 aliphatic carbocycles. The van der Waals surface area contributed by atoms with Crippen molar-refractivity contribution in [2.24, 2.45) is 0 Å². The Morgan fingerprint density at radius 2 is 1.18 bits per heavy atom. The zero-order valence-electron chi connectivity index (χ0n) is 11.5. The van der Waals surface area contributed by atoms with Crippen LogP contribution < -0.4 is 0 Å². The standard InChI is InChI=1S/C13H29NO2S/c1-3-4-5-6-7-8-9-10-11-12-13-14(2)17(15)16/h17H,3-13H2,1-2H3. The second-order valence-electron chi connectivity index (χ2n) is 4.80. The van der Waals surface area contributed by atoms with E-state index < -0.39 is 10.9 Å². The molecule has 0 bridgehead atoms. The zero-order chi connectivity index (χ0) is 12.9. The molecule has 3 nitrogen and oxygen atoms in total. The lowest BCUT2D eigenvalue weighted by Crippen LogP contribution is -2.17. The molecule has 4 heteroatoms. The lowest BCUT2D eigenvalue weighted by molar-refractivity contribution is 0.462. The van der Waals surface area contributed by atoms with Gasteiger partial charge in [0.25, 0.3) is 0 Å². The van der Waals surface area contributed by atoms with E-state index in [1.807, 2.05) is 0 Å². The van der Waals surface area contributed by atoms with Crippen molar-refractivity contribution >= 4 is 10.9 Å². The van der Waals surface area contributed by atoms with Crippen molar-refractivity contribution in [3.63, 3.8) is 0 Å². The van der Waals surface area contributed by atoms with Gasteiger partial charge >= 0.3 is 0 Å². The minimum Gasteiger partial charge on any atom is -0.215 e. The molecule has 0 aliphatic rings. The molecule has 0 radical (unpaired) electrons. The molecular weight excluding hydrogens is 234 g/mol. The minimum absolute atomic E-state index is 0.676. The van der Waals surface area contributed by atoms with Crippen LogP contribution in [0.25, 0.3) is 0 Å². The van der Waals surface area contributed by atoms with Gasteiger partial charge in [0, 0.05) is 13.6 Å². The van der Waals surface area contributed by atoms with Gasteiger partial charge in [-0.1, -0.05) is 64.7 Å². The first kappa shape index (κ1) is 16.9. The summed E-state index contributed by atoms with van der Waals surface area (Å²) in [6.07, 6.45) is 12.9. The van der Waals surface area contributed by atoms with Gasteiger partial charge in [-0.05, 0) is 6.42 Å². The monoisotopic (exact) mass is 263 g/mol. The van der Waals surface area contributed by atoms with Gasteiger partial charge in [0.15, 0.2) is 0 Å². The van der Waals surface area contributed by atoms with Crippen molar-refractivity contribution in [1.82, 2.24) is 4.31 Å². The quantitative estimate of drug-likeness (QED) is 0.433. The summed E-state index contributed by atoms with van der Waals surface area (Å²) in [7, 11) is -0.726. The molecule has 0 aromatic carbocycles. The highest BCUT2D eigenvalue weighted by Gasteiger charge is 1.98. The Bertz CT molecular complexity index is 221. The number of hydrogen-bond acceptors (Lipinski definition) is 2. The summed E-state index contributed by atoms with van der Waals surface area (Å²) in [6, 6.07) is 0. The maximum atomic E-state index is 10.6. The molecule has 17 heavy (non-hydrogen) atoms. The SMILES string of the molecule is CCCCCCCCCCCCN(C)[SH](=O)=O. The first-order chi connectivity index (χ1) is 8.18. The molecule has 0 aromatic rings. The molecule has 0 saturated heterocycles. The number of nitrogens with zero attached hydrogens (tertiary/aromatic N) is 1. The molecule has 0 saturated carbocycles. The Morgan fingerprint density at radius 1 is 0.765 bits per heavy atom. The highest BCUT2D eigenvalue weighted by Crippen LogP contribution is 2.10. The number of hydrogen-bond donors (Lipinski definition) is 1. The molecule has 0 N–H and O–H groups in total. The van der Waals surface area contributed by atoms with E-state index in [9.17, 15) is 8.42 Å². The van der Waals surface area contributed by atoms with Crippen molar-refractivity contribution in [3.8, 4) is 0 Å². The Balaban J connectivity index is 3.08. The fourth-order valence-electron chi connectivity index (χ4n) is 1.91. The Morgan fingerprint density at radius 3 is 1.59 bits per heavy atom. The van der Waals surface area contributed by atoms with E-state index in [-0.39, 0.29) is 0 Å². The normalized spacial score (nSPS) is 11.5. The smallest absolute Gasteiger partial charge is 0.203 e. The molecule has 0 rings (SSSR count). The van der Waals surface area contributed by atoms with Gasteiger partial charge in [-0.2, -0.15) is 0 Å². The van der Waals surface area contributed by atoms with E-state index in [4.69, 9.17) is 0 Å². The average molecular weight is 263 g/mol. The fraction of sp³-hybridized carbons (Fsp3) is 1.00. The van der Waals surface area contributed by atoms with Crippen molar-refractivity contribution in [2.75, 3.05) is 13.6 Å². The van der Waals surface area contributed by atoms with Crippen LogP contribution in [0, 0.1) is 0 Å². The summed E-state index contributed by atoms with van der Waals surface area (Å²) < 4.78 is 22.5. The van der Waals surface area contributed by atoms with Crippen molar-refractivity contribution in [1.29, 1.82) is 0 Å². The summed E-state index contributed by atoms with van der Waals surface area (Å²) >= 11 is 0. The van der Waals surface area contributed by atoms with Gasteiger partial charge in [0.2, 0.25) is 10.9 Å². The predicted molar refractivity (Wildman–Crippen MR) is 74.8 cm³/mol. The summed E-state index contributed by atoms with van der Waals surface area (Å²) in [6.45, 7) is 2.92. The first-order valence-corrected chi connectivity index (χ1v) is 8.17. The molecule has 0 unspecified atom stereocenters. The molecular formula is C13H29NO2S. The van der Waals surface area contributed by atoms with Crippen LogP contribution in [0.4, 0.5) is 0 Å². The first-order valence-electron chi connectivity index (χ1n) is 7.04. The van der Waals surface area contributed by atoms with Gasteiger partial charge in [-0.25, -0.2) is 12.7 Å². The van der Waals surface area contributed by atoms with Gasteiger partial charge in [0.05, 0.1) is 0 Å². The highest BCUT2D eigenvalue weighted by atomic mass is 32.2. The maximum Gasteiger partial charge on any atom is 0.203 e. The second kappa shape index (κ2) is 12.4. The Hall–Kier alpha value is -0.0900. The van der Waals surface area contributed by atoms with E-state index in [0.717, 1.165) is 12.8 Å². The third kappa shape index (κ3) is 12.2. The van der Waals surface area contributed by atoms with Crippen LogP contribution in [0.5, 0.6) is 0 Å². The average Bonchev–Trinajstić information content (AvgIpc) is 2.31. The van der Waals surface area contributed by atoms with E-state index in [1.165, 1.54) is 55.7 Å². The molecule has 0 fully saturated rings. The van der Waals surface area contributed by atoms with Crippen LogP contribution in [0.15, 0.2) is 0 Å². The molecule has 0 aromatic heterocycles. The molecule has 0 atom stereocenters. The van der Waals surface area contributed by atoms with Crippen LogP contribution in [-0.2, 0) is 10.9 Å². The number of thiol groups is 1. The lowest BCUT2D eigenvalue weighted by Gasteiger charge is -2.07. The van der Waals surface area contributed by atoms with Crippen LogP contribution in [0.3, 0.4) is 0 Å². The molecule has 104 valence electrons. The second-order valence-corrected chi connectivity index (χ2v) is 5.96. The Kier molecular flexibility index (Phi) is 12.3. The molecule has 0 amide bonds. The fourth-order valence-corrected chi connectivity index (χ4v) is 2.21. The van der Waals surface area contributed by atoms with Crippen LogP contribution in [0.2, 0.25) is 0 Å². The number of unbranched alkanes of at least 4 members (excludes halogenated alkanes) is 9. The minimum atomic E-state index is -2.36. The Labute approximate surface area is 109 Å². The topological polar surface area (TPSA) is 37.4 Å². The summed E-state index contributed by atoms with van der Waals surface area (Å²) in [5.41, 5.74) is 0. The third-order valence-corrected chi connectivity index (χ3v) is 3.87. The molecule has 0 spiro atoms. The van der Waals surface area contributed by atoms with Crippen molar-refractivity contribution in [2.45, 2.75) is 71.1 Å². The zero-order valence-corrected chi connectivity index (χ0v) is 12.4. The van der Waals surface area contributed by atoms with E-state index in [1.54, 1.807) is 7.05 Å². The van der Waals surface area contributed by atoms with Crippen LogP contribution >= 0.6 is 0 Å². The van der Waals surface area contributed by atoms with Crippen molar-refractivity contribution < 1.29 is 8.42 Å². The van der Waals surface area contributed by atoms with E-state index in [0.29, 0.717) is 6.54 Å². The largest absolute Gasteiger partial charge is 0.215 e. The third-order valence-electron chi connectivity index (χ3n) is 3.11. The number of rotatable bonds is 12. The maximum absolute atomic E-state index is 10.6. The van der Waals surface area contributed by atoms with E-state index in [2.05, 4.69) is 6.92 Å². The van der Waals surface area contributed by atoms with Crippen molar-refractivity contribution in [3.05, 3.63) is 0 Å². The van der Waals surface area contributed by atoms with Crippen LogP contribution in [-0.4, -0.2) is 26.3 Å². The summed E-state index contributed by atoms with van der Waals surface area (Å²) in [5.74, 6) is 0. The molecule has 0 heterocycles. The van der Waals surface area contributed by atoms with Gasteiger partial charge in [0.1, 0.15) is 0 Å². The lowest BCUT2D eigenvalue weighted by atomic mass is 10.1. The highest BCUT2D eigenvalue weighted by molar-refractivity contribution is 7.69. The van der Waals surface area contributed by atoms with Crippen LogP contribution in [0.1, 0.15) is 71.1 Å². The van der Waals surface area contributed by atoms with E-state index >= 15 is 0 Å². The summed E-state index contributed by atoms with van der Waals surface area (Å²) in [5, 5.41) is 0. The van der Waals surface area contributed by atoms with Gasteiger partial charge in [-0.15, -0.1) is 0 Å². The van der Waals surface area contributed by atoms with Gasteiger partial charge in [-0.3, -0.25) is 0 Å². The summed E-state index contributed by atoms with van der Waals surface area (Å²) in [4.78, 5) is 0. The predicted octanol–water partition coefficient (Wildman–Crippen LogP) is 3.37. The molecule has 0 aliphatic heterocycles.